The van der Waals surface area contributed by atoms with Gasteiger partial charge in [-0.25, -0.2) is 9.97 Å². The van der Waals surface area contributed by atoms with E-state index in [-0.39, 0.29) is 0 Å². The van der Waals surface area contributed by atoms with Gasteiger partial charge in [-0.1, -0.05) is 23.4 Å². The van der Waals surface area contributed by atoms with Crippen molar-refractivity contribution in [3.63, 3.8) is 0 Å². The zero-order chi connectivity index (χ0) is 10.7. The van der Waals surface area contributed by atoms with Crippen LogP contribution in [0.4, 0.5) is 0 Å². The van der Waals surface area contributed by atoms with Crippen LogP contribution in [0.1, 0.15) is 0 Å². The smallest absolute Gasteiger partial charge is 0.129 e. The third-order valence-electron chi connectivity index (χ3n) is 1.62. The molecule has 0 aliphatic rings. The summed E-state index contributed by atoms with van der Waals surface area (Å²) in [6.45, 7) is 0. The van der Waals surface area contributed by atoms with Gasteiger partial charge < -0.3 is 0 Å². The molecule has 0 aliphatic heterocycles. The third kappa shape index (κ3) is 3.19. The highest BCUT2D eigenvalue weighted by molar-refractivity contribution is 9.10. The van der Waals surface area contributed by atoms with Crippen LogP contribution in [0.2, 0.25) is 5.15 Å². The molecular weight excluding hydrogens is 296 g/mol. The van der Waals surface area contributed by atoms with Crippen LogP contribution in [-0.2, 0) is 0 Å². The highest BCUT2D eigenvalue weighted by atomic mass is 79.9. The lowest BCUT2D eigenvalue weighted by Crippen LogP contribution is -1.80. The Hall–Kier alpha value is -0.580. The van der Waals surface area contributed by atoms with Gasteiger partial charge >= 0.3 is 0 Å². The van der Waals surface area contributed by atoms with Gasteiger partial charge in [-0.2, -0.15) is 0 Å². The van der Waals surface area contributed by atoms with Crippen LogP contribution in [0.25, 0.3) is 0 Å². The molecule has 0 spiro atoms. The minimum absolute atomic E-state index is 0.503. The Labute approximate surface area is 105 Å². The van der Waals surface area contributed by atoms with E-state index in [1.165, 1.54) is 0 Å². The monoisotopic (exact) mass is 300 g/mol. The van der Waals surface area contributed by atoms with Crippen molar-refractivity contribution in [2.75, 3.05) is 0 Å². The summed E-state index contributed by atoms with van der Waals surface area (Å²) in [5.41, 5.74) is 0. The molecule has 2 heterocycles. The van der Waals surface area contributed by atoms with Crippen LogP contribution in [0, 0.1) is 0 Å². The maximum atomic E-state index is 5.69. The van der Waals surface area contributed by atoms with E-state index in [0.29, 0.717) is 5.15 Å². The lowest BCUT2D eigenvalue weighted by molar-refractivity contribution is 1.12. The van der Waals surface area contributed by atoms with E-state index in [9.17, 15) is 0 Å². The summed E-state index contributed by atoms with van der Waals surface area (Å²) < 4.78 is 0.973. The van der Waals surface area contributed by atoms with Crippen molar-refractivity contribution in [2.45, 2.75) is 9.92 Å². The summed E-state index contributed by atoms with van der Waals surface area (Å²) >= 11 is 10.6. The molecule has 0 bridgehead atoms. The number of pyridine rings is 2. The molecule has 5 heteroatoms. The molecule has 15 heavy (non-hydrogen) atoms. The first kappa shape index (κ1) is 10.9. The van der Waals surface area contributed by atoms with Gasteiger partial charge in [0.2, 0.25) is 0 Å². The Balaban J connectivity index is 2.15. The van der Waals surface area contributed by atoms with Gasteiger partial charge in [-0.15, -0.1) is 0 Å². The van der Waals surface area contributed by atoms with Crippen molar-refractivity contribution in [3.05, 3.63) is 46.3 Å². The Morgan fingerprint density at radius 3 is 2.53 bits per heavy atom. The summed E-state index contributed by atoms with van der Waals surface area (Å²) in [5.74, 6) is 0. The molecule has 2 nitrogen and oxygen atoms in total. The first-order chi connectivity index (χ1) is 7.24. The highest BCUT2D eigenvalue weighted by Crippen LogP contribution is 2.26. The summed E-state index contributed by atoms with van der Waals surface area (Å²) in [4.78, 5) is 9.27. The SMILES string of the molecule is Clc1ccc(Sc2ccc(Br)cn2)cn1. The molecule has 2 aromatic heterocycles. The topological polar surface area (TPSA) is 25.8 Å². The van der Waals surface area contributed by atoms with Gasteiger partial charge in [0.1, 0.15) is 10.2 Å². The summed E-state index contributed by atoms with van der Waals surface area (Å²) in [6, 6.07) is 7.59. The largest absolute Gasteiger partial charge is 0.248 e. The quantitative estimate of drug-likeness (QED) is 0.783. The van der Waals surface area contributed by atoms with E-state index in [1.807, 2.05) is 18.2 Å². The molecule has 0 atom stereocenters. The molecule has 76 valence electrons. The van der Waals surface area contributed by atoms with Gasteiger partial charge in [0.15, 0.2) is 0 Å². The second-order valence-corrected chi connectivity index (χ2v) is 5.13. The van der Waals surface area contributed by atoms with E-state index in [4.69, 9.17) is 11.6 Å². The van der Waals surface area contributed by atoms with Crippen molar-refractivity contribution in [2.24, 2.45) is 0 Å². The molecule has 0 saturated heterocycles. The van der Waals surface area contributed by atoms with Gasteiger partial charge in [0, 0.05) is 21.8 Å². The molecule has 0 unspecified atom stereocenters. The fourth-order valence-electron chi connectivity index (χ4n) is 0.966. The van der Waals surface area contributed by atoms with E-state index in [2.05, 4.69) is 25.9 Å². The van der Waals surface area contributed by atoms with Crippen molar-refractivity contribution in [1.82, 2.24) is 9.97 Å². The average Bonchev–Trinajstić information content (AvgIpc) is 2.25. The highest BCUT2D eigenvalue weighted by Gasteiger charge is 1.99. The zero-order valence-electron chi connectivity index (χ0n) is 7.52. The molecule has 0 N–H and O–H groups in total. The maximum Gasteiger partial charge on any atom is 0.129 e. The fourth-order valence-corrected chi connectivity index (χ4v) is 2.04. The fraction of sp³-hybridized carbons (Fsp3) is 0. The van der Waals surface area contributed by atoms with Crippen molar-refractivity contribution in [1.29, 1.82) is 0 Å². The van der Waals surface area contributed by atoms with Crippen LogP contribution < -0.4 is 0 Å². The van der Waals surface area contributed by atoms with Crippen LogP contribution in [-0.4, -0.2) is 9.97 Å². The number of halogens is 2. The minimum atomic E-state index is 0.503. The molecule has 0 fully saturated rings. The standard InChI is InChI=1S/C10H6BrClN2S/c11-7-1-4-10(14-5-7)15-8-2-3-9(12)13-6-8/h1-6H. The molecule has 2 rings (SSSR count). The summed E-state index contributed by atoms with van der Waals surface area (Å²) in [7, 11) is 0. The predicted molar refractivity (Wildman–Crippen MR) is 65.3 cm³/mol. The number of aromatic nitrogens is 2. The number of nitrogens with zero attached hydrogens (tertiary/aromatic N) is 2. The lowest BCUT2D eigenvalue weighted by Gasteiger charge is -2.00. The maximum absolute atomic E-state index is 5.69. The number of hydrogen-bond donors (Lipinski definition) is 0. The van der Waals surface area contributed by atoms with E-state index in [0.717, 1.165) is 14.4 Å². The molecule has 0 amide bonds. The predicted octanol–water partition coefficient (Wildman–Crippen LogP) is 4.04. The van der Waals surface area contributed by atoms with Gasteiger partial charge in [-0.3, -0.25) is 0 Å². The van der Waals surface area contributed by atoms with Gasteiger partial charge in [-0.05, 0) is 40.2 Å². The first-order valence-corrected chi connectivity index (χ1v) is 6.14. The van der Waals surface area contributed by atoms with Crippen molar-refractivity contribution >= 4 is 39.3 Å². The van der Waals surface area contributed by atoms with Gasteiger partial charge in [0.05, 0.1) is 0 Å². The molecular formula is C10H6BrClN2S. The van der Waals surface area contributed by atoms with Crippen LogP contribution in [0.3, 0.4) is 0 Å². The Bertz CT molecular complexity index is 400. The average molecular weight is 302 g/mol. The molecule has 0 saturated carbocycles. The van der Waals surface area contributed by atoms with E-state index in [1.54, 1.807) is 30.2 Å². The second-order valence-electron chi connectivity index (χ2n) is 2.73. The van der Waals surface area contributed by atoms with Gasteiger partial charge in [0.25, 0.3) is 0 Å². The van der Waals surface area contributed by atoms with Crippen LogP contribution in [0.5, 0.6) is 0 Å². The Morgan fingerprint density at radius 1 is 1.07 bits per heavy atom. The lowest BCUT2D eigenvalue weighted by atomic mass is 10.5. The minimum Gasteiger partial charge on any atom is -0.248 e. The Kier molecular flexibility index (Phi) is 3.61. The number of rotatable bonds is 2. The van der Waals surface area contributed by atoms with E-state index < -0.39 is 0 Å². The third-order valence-corrected chi connectivity index (χ3v) is 3.24. The summed E-state index contributed by atoms with van der Waals surface area (Å²) in [5, 5.41) is 1.44. The van der Waals surface area contributed by atoms with Crippen molar-refractivity contribution in [3.8, 4) is 0 Å². The van der Waals surface area contributed by atoms with Crippen molar-refractivity contribution < 1.29 is 0 Å². The van der Waals surface area contributed by atoms with Crippen LogP contribution in [0.15, 0.2) is 51.1 Å². The molecule has 0 aromatic carbocycles. The second kappa shape index (κ2) is 4.96. The summed E-state index contributed by atoms with van der Waals surface area (Å²) in [6.07, 6.45) is 3.50. The normalized spacial score (nSPS) is 10.3. The molecule has 2 aromatic rings. The molecule has 0 aliphatic carbocycles. The Morgan fingerprint density at radius 2 is 1.93 bits per heavy atom. The molecule has 0 radical (unpaired) electrons. The van der Waals surface area contributed by atoms with E-state index >= 15 is 0 Å². The zero-order valence-corrected chi connectivity index (χ0v) is 10.7. The number of hydrogen-bond acceptors (Lipinski definition) is 3. The first-order valence-electron chi connectivity index (χ1n) is 4.15. The van der Waals surface area contributed by atoms with Crippen LogP contribution >= 0.6 is 39.3 Å².